The smallest absolute Gasteiger partial charge is 0.234 e. The number of H-pyrrole nitrogens is 1. The summed E-state index contributed by atoms with van der Waals surface area (Å²) in [6.07, 6.45) is 7.62. The van der Waals surface area contributed by atoms with Crippen molar-refractivity contribution in [3.63, 3.8) is 0 Å². The minimum Gasteiger partial charge on any atom is -0.493 e. The molecule has 1 fully saturated rings. The molecule has 1 amide bonds. The molecule has 4 heterocycles. The van der Waals surface area contributed by atoms with Gasteiger partial charge in [-0.15, -0.1) is 11.3 Å². The minimum atomic E-state index is 0.125. The van der Waals surface area contributed by atoms with Crippen LogP contribution >= 0.6 is 11.3 Å². The number of fused-ring (bicyclic) bond motifs is 2. The third kappa shape index (κ3) is 4.71. The molecule has 0 spiro atoms. The number of nitrogens with one attached hydrogen (secondary N) is 2. The fraction of sp³-hybridized carbons (Fsp3) is 0.538. The topological polar surface area (TPSA) is 100 Å². The molecule has 2 N–H and O–H groups in total. The first-order valence-corrected chi connectivity index (χ1v) is 13.6. The van der Waals surface area contributed by atoms with Gasteiger partial charge in [-0.05, 0) is 51.3 Å². The molecule has 0 atom stereocenters. The minimum absolute atomic E-state index is 0.125. The van der Waals surface area contributed by atoms with E-state index in [-0.39, 0.29) is 11.9 Å². The number of nitrogens with zero attached hydrogens (tertiary/aromatic N) is 5. The Balaban J connectivity index is 1.36. The molecule has 10 heteroatoms. The number of aromatic nitrogens is 5. The normalized spacial score (nSPS) is 18.5. The molecule has 5 rings (SSSR count). The van der Waals surface area contributed by atoms with Gasteiger partial charge in [0.1, 0.15) is 16.7 Å². The summed E-state index contributed by atoms with van der Waals surface area (Å²) in [5.74, 6) is 1.56. The number of methoxy groups -OCH3 is 1. The number of ether oxygens (including phenoxy) is 1. The Labute approximate surface area is 215 Å². The predicted molar refractivity (Wildman–Crippen MR) is 143 cm³/mol. The summed E-state index contributed by atoms with van der Waals surface area (Å²) in [5.41, 5.74) is 5.05. The highest BCUT2D eigenvalue weighted by Gasteiger charge is 2.28. The van der Waals surface area contributed by atoms with Gasteiger partial charge in [-0.2, -0.15) is 5.10 Å². The second kappa shape index (κ2) is 10.2. The standard InChI is InChI=1S/C26H35N7O2S/c1-6-32(4)13-20(34)29-18-9-7-16(8-10-18)25-31-23-21(15(2)3)22(30-26(23)36-25)17-11-19(35-5)24-27-14-28-33(24)12-17/h11-12,14-16,18,30H,6-10,13H2,1-5H3,(H,29,34). The summed E-state index contributed by atoms with van der Waals surface area (Å²) in [5, 5.41) is 8.74. The molecule has 1 saturated carbocycles. The summed E-state index contributed by atoms with van der Waals surface area (Å²) in [7, 11) is 3.63. The van der Waals surface area contributed by atoms with E-state index in [2.05, 4.69) is 41.2 Å². The van der Waals surface area contributed by atoms with Crippen molar-refractivity contribution in [2.24, 2.45) is 0 Å². The third-order valence-corrected chi connectivity index (χ3v) is 8.36. The number of aromatic amines is 1. The van der Waals surface area contributed by atoms with E-state index < -0.39 is 0 Å². The van der Waals surface area contributed by atoms with Crippen LogP contribution in [0.5, 0.6) is 5.75 Å². The maximum atomic E-state index is 12.3. The Morgan fingerprint density at radius 2 is 2.11 bits per heavy atom. The van der Waals surface area contributed by atoms with Crippen molar-refractivity contribution in [1.29, 1.82) is 0 Å². The van der Waals surface area contributed by atoms with E-state index in [1.54, 1.807) is 23.0 Å². The second-order valence-corrected chi connectivity index (χ2v) is 11.1. The van der Waals surface area contributed by atoms with Crippen molar-refractivity contribution in [3.05, 3.63) is 29.2 Å². The van der Waals surface area contributed by atoms with Gasteiger partial charge < -0.3 is 15.0 Å². The van der Waals surface area contributed by atoms with E-state index in [1.165, 1.54) is 16.9 Å². The molecular weight excluding hydrogens is 474 g/mol. The Morgan fingerprint density at radius 1 is 1.33 bits per heavy atom. The van der Waals surface area contributed by atoms with Gasteiger partial charge in [0.15, 0.2) is 11.4 Å². The zero-order chi connectivity index (χ0) is 25.4. The highest BCUT2D eigenvalue weighted by atomic mass is 32.1. The first kappa shape index (κ1) is 24.7. The van der Waals surface area contributed by atoms with Crippen molar-refractivity contribution < 1.29 is 9.53 Å². The zero-order valence-corrected chi connectivity index (χ0v) is 22.5. The van der Waals surface area contributed by atoms with Crippen LogP contribution in [-0.2, 0) is 4.79 Å². The first-order valence-electron chi connectivity index (χ1n) is 12.8. The molecule has 1 aliphatic rings. The number of rotatable bonds is 8. The van der Waals surface area contributed by atoms with Crippen LogP contribution in [-0.4, -0.2) is 68.7 Å². The Bertz CT molecular complexity index is 1360. The first-order chi connectivity index (χ1) is 17.4. The van der Waals surface area contributed by atoms with Crippen molar-refractivity contribution in [3.8, 4) is 17.0 Å². The fourth-order valence-corrected chi connectivity index (χ4v) is 6.32. The largest absolute Gasteiger partial charge is 0.493 e. The fourth-order valence-electron chi connectivity index (χ4n) is 5.17. The SMILES string of the molecule is CCN(C)CC(=O)NC1CCC(c2nc3c(C(C)C)c(-c4cc(OC)c5ncnn5c4)[nH]c3s2)CC1. The van der Waals surface area contributed by atoms with Gasteiger partial charge >= 0.3 is 0 Å². The summed E-state index contributed by atoms with van der Waals surface area (Å²) in [4.78, 5) is 28.5. The van der Waals surface area contributed by atoms with E-state index in [9.17, 15) is 4.79 Å². The van der Waals surface area contributed by atoms with Gasteiger partial charge in [0, 0.05) is 29.3 Å². The van der Waals surface area contributed by atoms with E-state index in [0.29, 0.717) is 29.8 Å². The Morgan fingerprint density at radius 3 is 2.81 bits per heavy atom. The van der Waals surface area contributed by atoms with Crippen LogP contribution < -0.4 is 10.1 Å². The van der Waals surface area contributed by atoms with Crippen LogP contribution in [0.3, 0.4) is 0 Å². The molecule has 192 valence electrons. The van der Waals surface area contributed by atoms with Gasteiger partial charge in [0.25, 0.3) is 0 Å². The molecule has 0 saturated heterocycles. The molecule has 4 aromatic heterocycles. The van der Waals surface area contributed by atoms with Crippen LogP contribution in [0.4, 0.5) is 0 Å². The average molecular weight is 510 g/mol. The van der Waals surface area contributed by atoms with Crippen LogP contribution in [0.2, 0.25) is 0 Å². The maximum absolute atomic E-state index is 12.3. The lowest BCUT2D eigenvalue weighted by Gasteiger charge is -2.28. The summed E-state index contributed by atoms with van der Waals surface area (Å²) < 4.78 is 7.33. The number of likely N-dealkylation sites (N-methyl/N-ethyl adjacent to an activating group) is 1. The van der Waals surface area contributed by atoms with E-state index in [1.807, 2.05) is 24.2 Å². The molecule has 0 aromatic carbocycles. The van der Waals surface area contributed by atoms with Gasteiger partial charge in [-0.1, -0.05) is 20.8 Å². The highest BCUT2D eigenvalue weighted by Crippen LogP contribution is 2.42. The molecule has 0 aliphatic heterocycles. The molecule has 4 aromatic rings. The van der Waals surface area contributed by atoms with E-state index in [0.717, 1.165) is 53.8 Å². The zero-order valence-electron chi connectivity index (χ0n) is 21.7. The number of thiazole rings is 1. The summed E-state index contributed by atoms with van der Waals surface area (Å²) in [6, 6.07) is 2.28. The maximum Gasteiger partial charge on any atom is 0.234 e. The van der Waals surface area contributed by atoms with Gasteiger partial charge in [0.2, 0.25) is 5.91 Å². The van der Waals surface area contributed by atoms with Crippen LogP contribution in [0, 0.1) is 0 Å². The van der Waals surface area contributed by atoms with Crippen LogP contribution in [0.1, 0.15) is 68.9 Å². The third-order valence-electron chi connectivity index (χ3n) is 7.23. The molecule has 9 nitrogen and oxygen atoms in total. The second-order valence-electron chi connectivity index (χ2n) is 10.1. The quantitative estimate of drug-likeness (QED) is 0.361. The number of hydrogen-bond acceptors (Lipinski definition) is 7. The molecule has 0 unspecified atom stereocenters. The van der Waals surface area contributed by atoms with Crippen molar-refractivity contribution >= 4 is 33.2 Å². The molecule has 0 bridgehead atoms. The number of hydrogen-bond donors (Lipinski definition) is 2. The van der Waals surface area contributed by atoms with E-state index >= 15 is 0 Å². The van der Waals surface area contributed by atoms with Crippen LogP contribution in [0.15, 0.2) is 18.6 Å². The van der Waals surface area contributed by atoms with Crippen molar-refractivity contribution in [2.45, 2.75) is 64.3 Å². The van der Waals surface area contributed by atoms with Gasteiger partial charge in [-0.3, -0.25) is 9.69 Å². The Kier molecular flexibility index (Phi) is 6.98. The van der Waals surface area contributed by atoms with Crippen molar-refractivity contribution in [2.75, 3.05) is 27.2 Å². The Hall–Kier alpha value is -2.98. The molecular formula is C26H35N7O2S. The lowest BCUT2D eigenvalue weighted by molar-refractivity contribution is -0.122. The van der Waals surface area contributed by atoms with E-state index in [4.69, 9.17) is 9.72 Å². The predicted octanol–water partition coefficient (Wildman–Crippen LogP) is 4.56. The lowest BCUT2D eigenvalue weighted by atomic mass is 9.86. The molecule has 0 radical (unpaired) electrons. The van der Waals surface area contributed by atoms with Crippen LogP contribution in [0.25, 0.3) is 27.3 Å². The molecule has 1 aliphatic carbocycles. The summed E-state index contributed by atoms with van der Waals surface area (Å²) >= 11 is 1.77. The van der Waals surface area contributed by atoms with Crippen molar-refractivity contribution in [1.82, 2.24) is 34.8 Å². The number of carbonyl (C=O) groups excluding carboxylic acids is 1. The molecule has 36 heavy (non-hydrogen) atoms. The summed E-state index contributed by atoms with van der Waals surface area (Å²) in [6.45, 7) is 7.82. The number of pyridine rings is 1. The highest BCUT2D eigenvalue weighted by molar-refractivity contribution is 7.18. The lowest BCUT2D eigenvalue weighted by Crippen LogP contribution is -2.42. The average Bonchev–Trinajstić information content (AvgIpc) is 3.57. The number of carbonyl (C=O) groups is 1. The number of amides is 1. The monoisotopic (exact) mass is 509 g/mol. The van der Waals surface area contributed by atoms with Gasteiger partial charge in [-0.25, -0.2) is 14.5 Å². The van der Waals surface area contributed by atoms with Gasteiger partial charge in [0.05, 0.1) is 24.4 Å².